The number of fused-ring (bicyclic) bond motifs is 2. The van der Waals surface area contributed by atoms with Gasteiger partial charge in [-0.2, -0.15) is 5.10 Å². The zero-order valence-electron chi connectivity index (χ0n) is 15.6. The molecule has 0 aromatic carbocycles. The molecule has 6 nitrogen and oxygen atoms in total. The molecule has 3 aromatic rings. The molecule has 1 aliphatic carbocycles. The van der Waals surface area contributed by atoms with Gasteiger partial charge in [-0.25, -0.2) is 9.97 Å². The second-order valence-electron chi connectivity index (χ2n) is 7.81. The third-order valence-corrected chi connectivity index (χ3v) is 5.96. The van der Waals surface area contributed by atoms with Crippen molar-refractivity contribution in [1.29, 1.82) is 0 Å². The van der Waals surface area contributed by atoms with E-state index < -0.39 is 0 Å². The molecule has 136 valence electrons. The molecule has 0 spiro atoms. The SMILES string of the molecule is Cc1nn(C)c2ncc(CN3CCC[C@@H]3c3nc4c([nH]3)CCCC4)cc12. The Labute approximate surface area is 153 Å². The highest BCUT2D eigenvalue weighted by Gasteiger charge is 2.30. The molecule has 3 aromatic heterocycles. The number of nitrogens with zero attached hydrogens (tertiary/aromatic N) is 5. The van der Waals surface area contributed by atoms with Crippen LogP contribution in [0.1, 0.15) is 60.2 Å². The van der Waals surface area contributed by atoms with Crippen molar-refractivity contribution in [2.24, 2.45) is 7.05 Å². The molecule has 6 heteroatoms. The lowest BCUT2D eigenvalue weighted by atomic mass is 10.0. The van der Waals surface area contributed by atoms with Crippen LogP contribution >= 0.6 is 0 Å². The molecule has 1 N–H and O–H groups in total. The van der Waals surface area contributed by atoms with E-state index in [0.29, 0.717) is 6.04 Å². The molecule has 0 amide bonds. The Hall–Kier alpha value is -2.21. The Morgan fingerprint density at radius 3 is 3.00 bits per heavy atom. The van der Waals surface area contributed by atoms with E-state index in [2.05, 4.69) is 33.0 Å². The quantitative estimate of drug-likeness (QED) is 0.788. The second kappa shape index (κ2) is 6.20. The van der Waals surface area contributed by atoms with E-state index in [1.807, 2.05) is 17.9 Å². The van der Waals surface area contributed by atoms with E-state index >= 15 is 0 Å². The fraction of sp³-hybridized carbons (Fsp3) is 0.550. The molecular formula is C20H26N6. The summed E-state index contributed by atoms with van der Waals surface area (Å²) in [6, 6.07) is 2.67. The molecule has 1 atom stereocenters. The standard InChI is InChI=1S/C20H26N6/c1-13-15-10-14(11-21-20(15)25(2)24-13)12-26-9-5-8-18(26)19-22-16-6-3-4-7-17(16)23-19/h10-11,18H,3-9,12H2,1-2H3,(H,22,23)/t18-/m1/s1. The monoisotopic (exact) mass is 350 g/mol. The average molecular weight is 350 g/mol. The minimum atomic E-state index is 0.409. The van der Waals surface area contributed by atoms with E-state index in [-0.39, 0.29) is 0 Å². The van der Waals surface area contributed by atoms with Crippen LogP contribution in [0.5, 0.6) is 0 Å². The zero-order chi connectivity index (χ0) is 17.7. The maximum absolute atomic E-state index is 4.97. The van der Waals surface area contributed by atoms with E-state index in [0.717, 1.165) is 42.7 Å². The summed E-state index contributed by atoms with van der Waals surface area (Å²) >= 11 is 0. The Morgan fingerprint density at radius 2 is 2.12 bits per heavy atom. The van der Waals surface area contributed by atoms with Crippen molar-refractivity contribution in [1.82, 2.24) is 29.6 Å². The molecule has 5 rings (SSSR count). The number of aromatic nitrogens is 5. The number of hydrogen-bond donors (Lipinski definition) is 1. The van der Waals surface area contributed by atoms with Crippen LogP contribution in [0.2, 0.25) is 0 Å². The van der Waals surface area contributed by atoms with Crippen molar-refractivity contribution < 1.29 is 0 Å². The van der Waals surface area contributed by atoms with Crippen molar-refractivity contribution >= 4 is 11.0 Å². The van der Waals surface area contributed by atoms with Crippen LogP contribution in [-0.2, 0) is 26.4 Å². The maximum Gasteiger partial charge on any atom is 0.157 e. The first-order valence-electron chi connectivity index (χ1n) is 9.79. The number of aromatic amines is 1. The summed E-state index contributed by atoms with van der Waals surface area (Å²) in [5, 5.41) is 5.65. The molecule has 1 aliphatic heterocycles. The third kappa shape index (κ3) is 2.63. The molecule has 1 fully saturated rings. The van der Waals surface area contributed by atoms with Gasteiger partial charge in [0.1, 0.15) is 5.82 Å². The van der Waals surface area contributed by atoms with Crippen LogP contribution in [-0.4, -0.2) is 36.2 Å². The van der Waals surface area contributed by atoms with Gasteiger partial charge in [-0.15, -0.1) is 0 Å². The van der Waals surface area contributed by atoms with Crippen LogP contribution in [0.4, 0.5) is 0 Å². The lowest BCUT2D eigenvalue weighted by Gasteiger charge is -2.22. The number of pyridine rings is 1. The first kappa shape index (κ1) is 16.0. The highest BCUT2D eigenvalue weighted by atomic mass is 15.3. The molecule has 0 bridgehead atoms. The van der Waals surface area contributed by atoms with E-state index in [9.17, 15) is 0 Å². The largest absolute Gasteiger partial charge is 0.344 e. The number of likely N-dealkylation sites (tertiary alicyclic amines) is 1. The minimum Gasteiger partial charge on any atom is -0.344 e. The Balaban J connectivity index is 1.41. The molecular weight excluding hydrogens is 324 g/mol. The lowest BCUT2D eigenvalue weighted by Crippen LogP contribution is -2.23. The summed E-state index contributed by atoms with van der Waals surface area (Å²) in [6.45, 7) is 4.10. The van der Waals surface area contributed by atoms with E-state index in [1.54, 1.807) is 0 Å². The van der Waals surface area contributed by atoms with Gasteiger partial charge in [-0.3, -0.25) is 9.58 Å². The molecule has 26 heavy (non-hydrogen) atoms. The normalized spacial score (nSPS) is 20.8. The Kier molecular flexibility index (Phi) is 3.81. The highest BCUT2D eigenvalue weighted by molar-refractivity contribution is 5.78. The topological polar surface area (TPSA) is 62.6 Å². The van der Waals surface area contributed by atoms with Gasteiger partial charge in [0.25, 0.3) is 0 Å². The zero-order valence-corrected chi connectivity index (χ0v) is 15.6. The molecule has 1 saturated heterocycles. The molecule has 0 saturated carbocycles. The fourth-order valence-electron chi connectivity index (χ4n) is 4.63. The number of nitrogens with one attached hydrogen (secondary N) is 1. The van der Waals surface area contributed by atoms with Crippen LogP contribution in [0.25, 0.3) is 11.0 Å². The third-order valence-electron chi connectivity index (χ3n) is 5.96. The number of imidazole rings is 1. The highest BCUT2D eigenvalue weighted by Crippen LogP contribution is 2.33. The summed E-state index contributed by atoms with van der Waals surface area (Å²) in [5.74, 6) is 1.18. The smallest absolute Gasteiger partial charge is 0.157 e. The molecule has 0 radical (unpaired) electrons. The number of aryl methyl sites for hydroxylation is 4. The molecule has 0 unspecified atom stereocenters. The van der Waals surface area contributed by atoms with Gasteiger partial charge in [0.15, 0.2) is 5.65 Å². The molecule has 4 heterocycles. The maximum atomic E-state index is 4.97. The first-order chi connectivity index (χ1) is 12.7. The van der Waals surface area contributed by atoms with Crippen molar-refractivity contribution in [3.8, 4) is 0 Å². The summed E-state index contributed by atoms with van der Waals surface area (Å²) in [7, 11) is 1.96. The average Bonchev–Trinajstić information content (AvgIpc) is 3.33. The van der Waals surface area contributed by atoms with Gasteiger partial charge < -0.3 is 4.98 Å². The van der Waals surface area contributed by atoms with Gasteiger partial charge in [-0.1, -0.05) is 0 Å². The van der Waals surface area contributed by atoms with Crippen LogP contribution in [0, 0.1) is 6.92 Å². The first-order valence-corrected chi connectivity index (χ1v) is 9.79. The summed E-state index contributed by atoms with van der Waals surface area (Å²) in [5.41, 5.74) is 5.97. The van der Waals surface area contributed by atoms with Gasteiger partial charge in [0.2, 0.25) is 0 Å². The van der Waals surface area contributed by atoms with Crippen LogP contribution in [0.15, 0.2) is 12.3 Å². The van der Waals surface area contributed by atoms with Crippen molar-refractivity contribution in [3.05, 3.63) is 40.7 Å². The number of hydrogen-bond acceptors (Lipinski definition) is 4. The predicted molar refractivity (Wildman–Crippen MR) is 101 cm³/mol. The lowest BCUT2D eigenvalue weighted by molar-refractivity contribution is 0.240. The van der Waals surface area contributed by atoms with Gasteiger partial charge in [-0.05, 0) is 63.6 Å². The van der Waals surface area contributed by atoms with E-state index in [1.165, 1.54) is 48.5 Å². The molecule has 2 aliphatic rings. The van der Waals surface area contributed by atoms with Crippen molar-refractivity contribution in [2.75, 3.05) is 6.54 Å². The second-order valence-corrected chi connectivity index (χ2v) is 7.81. The van der Waals surface area contributed by atoms with Gasteiger partial charge >= 0.3 is 0 Å². The minimum absolute atomic E-state index is 0.409. The Morgan fingerprint density at radius 1 is 1.23 bits per heavy atom. The fourth-order valence-corrected chi connectivity index (χ4v) is 4.63. The van der Waals surface area contributed by atoms with Crippen LogP contribution in [0.3, 0.4) is 0 Å². The number of H-pyrrole nitrogens is 1. The summed E-state index contributed by atoms with van der Waals surface area (Å²) in [4.78, 5) is 15.8. The number of rotatable bonds is 3. The van der Waals surface area contributed by atoms with Gasteiger partial charge in [0, 0.05) is 30.9 Å². The van der Waals surface area contributed by atoms with Crippen molar-refractivity contribution in [3.63, 3.8) is 0 Å². The van der Waals surface area contributed by atoms with Crippen LogP contribution < -0.4 is 0 Å². The predicted octanol–water partition coefficient (Wildman–Crippen LogP) is 3.22. The van der Waals surface area contributed by atoms with Gasteiger partial charge in [0.05, 0.1) is 17.4 Å². The van der Waals surface area contributed by atoms with E-state index in [4.69, 9.17) is 4.98 Å². The Bertz CT molecular complexity index is 929. The van der Waals surface area contributed by atoms with Crippen molar-refractivity contribution in [2.45, 2.75) is 58.0 Å². The summed E-state index contributed by atoms with van der Waals surface area (Å²) in [6.07, 6.45) is 9.30. The summed E-state index contributed by atoms with van der Waals surface area (Å²) < 4.78 is 1.86.